The maximum atomic E-state index is 5.73. The molecule has 0 saturated heterocycles. The van der Waals surface area contributed by atoms with Crippen LogP contribution in [0.5, 0.6) is 17.2 Å². The van der Waals surface area contributed by atoms with Crippen molar-refractivity contribution in [2.24, 2.45) is 11.8 Å². The highest BCUT2D eigenvalue weighted by molar-refractivity contribution is 5.54. The van der Waals surface area contributed by atoms with Crippen LogP contribution in [0.1, 0.15) is 24.9 Å². The van der Waals surface area contributed by atoms with Crippen LogP contribution in [0.2, 0.25) is 0 Å². The van der Waals surface area contributed by atoms with Crippen LogP contribution in [-0.4, -0.2) is 35.0 Å². The molecule has 0 bridgehead atoms. The minimum atomic E-state index is -0.0335. The Bertz CT molecular complexity index is 415. The topological polar surface area (TPSA) is 75.0 Å². The highest BCUT2D eigenvalue weighted by Crippen LogP contribution is 2.40. The number of benzene rings is 1. The zero-order chi connectivity index (χ0) is 15.8. The molecule has 3 N–H and O–H groups in total. The summed E-state index contributed by atoms with van der Waals surface area (Å²) < 4.78 is 21.2. The number of nitrogens with one attached hydrogen (secondary N) is 1. The zero-order valence-electron chi connectivity index (χ0n) is 13.4. The molecule has 0 aliphatic heterocycles. The van der Waals surface area contributed by atoms with E-state index in [1.165, 1.54) is 0 Å². The van der Waals surface area contributed by atoms with Crippen molar-refractivity contribution in [3.8, 4) is 17.2 Å². The summed E-state index contributed by atoms with van der Waals surface area (Å²) in [6.45, 7) is 2.80. The number of nitrogens with two attached hydrogens (primary N) is 1. The first-order chi connectivity index (χ1) is 10.1. The lowest BCUT2D eigenvalue weighted by Crippen LogP contribution is -2.33. The molecule has 0 spiro atoms. The third kappa shape index (κ3) is 4.23. The van der Waals surface area contributed by atoms with E-state index in [9.17, 15) is 0 Å². The Hall–Kier alpha value is -1.50. The molecule has 0 fully saturated rings. The Kier molecular flexibility index (Phi) is 7.28. The standard InChI is InChI=1S/C15H26N2O4/c1-10(6-7-18-2)14(17-16)11-8-12(19-3)15(21-5)13(9-11)20-4/h8-10,14,17H,6-7,16H2,1-5H3. The molecule has 6 heteroatoms. The quantitative estimate of drug-likeness (QED) is 0.535. The highest BCUT2D eigenvalue weighted by atomic mass is 16.5. The largest absolute Gasteiger partial charge is 0.493 e. The van der Waals surface area contributed by atoms with Crippen molar-refractivity contribution in [2.45, 2.75) is 19.4 Å². The monoisotopic (exact) mass is 298 g/mol. The molecular weight excluding hydrogens is 272 g/mol. The van der Waals surface area contributed by atoms with Crippen molar-refractivity contribution in [1.29, 1.82) is 0 Å². The molecule has 0 heterocycles. The predicted molar refractivity (Wildman–Crippen MR) is 81.8 cm³/mol. The predicted octanol–water partition coefficient (Wildman–Crippen LogP) is 1.89. The minimum absolute atomic E-state index is 0.0335. The SMILES string of the molecule is COCCC(C)C(NN)c1cc(OC)c(OC)c(OC)c1. The number of hydrogen-bond donors (Lipinski definition) is 2. The molecule has 0 amide bonds. The normalized spacial score (nSPS) is 13.6. The van der Waals surface area contributed by atoms with Gasteiger partial charge in [0, 0.05) is 19.8 Å². The van der Waals surface area contributed by atoms with Crippen molar-refractivity contribution in [3.05, 3.63) is 17.7 Å². The second-order valence-electron chi connectivity index (χ2n) is 4.86. The average Bonchev–Trinajstić information content (AvgIpc) is 2.52. The van der Waals surface area contributed by atoms with Crippen LogP contribution in [0.3, 0.4) is 0 Å². The summed E-state index contributed by atoms with van der Waals surface area (Å²) in [5, 5.41) is 0. The van der Waals surface area contributed by atoms with Gasteiger partial charge in [0.1, 0.15) is 0 Å². The third-order valence-corrected chi connectivity index (χ3v) is 3.57. The van der Waals surface area contributed by atoms with Crippen LogP contribution in [0.15, 0.2) is 12.1 Å². The van der Waals surface area contributed by atoms with Gasteiger partial charge in [0.25, 0.3) is 0 Å². The summed E-state index contributed by atoms with van der Waals surface area (Å²) in [5.41, 5.74) is 3.84. The summed E-state index contributed by atoms with van der Waals surface area (Å²) in [4.78, 5) is 0. The average molecular weight is 298 g/mol. The summed E-state index contributed by atoms with van der Waals surface area (Å²) in [6.07, 6.45) is 0.891. The fourth-order valence-electron chi connectivity index (χ4n) is 2.34. The summed E-state index contributed by atoms with van der Waals surface area (Å²) >= 11 is 0. The lowest BCUT2D eigenvalue weighted by atomic mass is 9.92. The van der Waals surface area contributed by atoms with Crippen molar-refractivity contribution in [2.75, 3.05) is 35.0 Å². The van der Waals surface area contributed by atoms with Gasteiger partial charge in [0.05, 0.1) is 21.3 Å². The summed E-state index contributed by atoms with van der Waals surface area (Å²) in [7, 11) is 6.47. The van der Waals surface area contributed by atoms with Crippen LogP contribution in [0.25, 0.3) is 0 Å². The Morgan fingerprint density at radius 3 is 2.00 bits per heavy atom. The van der Waals surface area contributed by atoms with Crippen molar-refractivity contribution < 1.29 is 18.9 Å². The Morgan fingerprint density at radius 1 is 1.05 bits per heavy atom. The fourth-order valence-corrected chi connectivity index (χ4v) is 2.34. The molecule has 0 aromatic heterocycles. The van der Waals surface area contributed by atoms with E-state index < -0.39 is 0 Å². The van der Waals surface area contributed by atoms with Gasteiger partial charge in [0.15, 0.2) is 11.5 Å². The number of rotatable bonds is 9. The molecule has 21 heavy (non-hydrogen) atoms. The van der Waals surface area contributed by atoms with Crippen LogP contribution < -0.4 is 25.5 Å². The minimum Gasteiger partial charge on any atom is -0.493 e. The van der Waals surface area contributed by atoms with Gasteiger partial charge < -0.3 is 18.9 Å². The smallest absolute Gasteiger partial charge is 0.203 e. The van der Waals surface area contributed by atoms with Crippen LogP contribution in [-0.2, 0) is 4.74 Å². The first-order valence-corrected chi connectivity index (χ1v) is 6.87. The van der Waals surface area contributed by atoms with Crippen molar-refractivity contribution in [1.82, 2.24) is 5.43 Å². The second kappa shape index (κ2) is 8.71. The number of hydrogen-bond acceptors (Lipinski definition) is 6. The van der Waals surface area contributed by atoms with Crippen molar-refractivity contribution in [3.63, 3.8) is 0 Å². The molecule has 1 aromatic rings. The fraction of sp³-hybridized carbons (Fsp3) is 0.600. The Labute approximate surface area is 126 Å². The Balaban J connectivity index is 3.14. The molecule has 6 nitrogen and oxygen atoms in total. The maximum absolute atomic E-state index is 5.73. The second-order valence-corrected chi connectivity index (χ2v) is 4.86. The van der Waals surface area contributed by atoms with Crippen molar-refractivity contribution >= 4 is 0 Å². The number of ether oxygens (including phenoxy) is 4. The highest BCUT2D eigenvalue weighted by Gasteiger charge is 2.22. The molecular formula is C15H26N2O4. The molecule has 1 rings (SSSR count). The molecule has 1 aromatic carbocycles. The first kappa shape index (κ1) is 17.6. The lowest BCUT2D eigenvalue weighted by Gasteiger charge is -2.25. The van der Waals surface area contributed by atoms with Gasteiger partial charge in [-0.1, -0.05) is 6.92 Å². The lowest BCUT2D eigenvalue weighted by molar-refractivity contribution is 0.170. The van der Waals surface area contributed by atoms with Gasteiger partial charge in [-0.3, -0.25) is 11.3 Å². The van der Waals surface area contributed by atoms with Gasteiger partial charge in [-0.25, -0.2) is 0 Å². The van der Waals surface area contributed by atoms with Crippen LogP contribution in [0.4, 0.5) is 0 Å². The molecule has 2 atom stereocenters. The maximum Gasteiger partial charge on any atom is 0.203 e. The van der Waals surface area contributed by atoms with Gasteiger partial charge >= 0.3 is 0 Å². The van der Waals surface area contributed by atoms with Crippen LogP contribution in [0, 0.1) is 5.92 Å². The molecule has 120 valence electrons. The van der Waals surface area contributed by atoms with E-state index in [4.69, 9.17) is 24.8 Å². The number of hydrazine groups is 1. The Morgan fingerprint density at radius 2 is 1.62 bits per heavy atom. The summed E-state index contributed by atoms with van der Waals surface area (Å²) in [6, 6.07) is 3.79. The van der Waals surface area contributed by atoms with E-state index in [1.54, 1.807) is 28.4 Å². The third-order valence-electron chi connectivity index (χ3n) is 3.57. The van der Waals surface area contributed by atoms with E-state index in [2.05, 4.69) is 12.3 Å². The molecule has 0 radical (unpaired) electrons. The zero-order valence-corrected chi connectivity index (χ0v) is 13.4. The first-order valence-electron chi connectivity index (χ1n) is 6.87. The van der Waals surface area contributed by atoms with E-state index in [1.807, 2.05) is 12.1 Å². The molecule has 0 aliphatic rings. The molecule has 2 unspecified atom stereocenters. The molecule has 0 saturated carbocycles. The van der Waals surface area contributed by atoms with E-state index in [0.29, 0.717) is 23.9 Å². The van der Waals surface area contributed by atoms with Gasteiger partial charge in [-0.05, 0) is 30.0 Å². The number of methoxy groups -OCH3 is 4. The van der Waals surface area contributed by atoms with E-state index in [0.717, 1.165) is 12.0 Å². The molecule has 0 aliphatic carbocycles. The van der Waals surface area contributed by atoms with E-state index in [-0.39, 0.29) is 12.0 Å². The van der Waals surface area contributed by atoms with Gasteiger partial charge in [-0.15, -0.1) is 0 Å². The van der Waals surface area contributed by atoms with Crippen LogP contribution >= 0.6 is 0 Å². The summed E-state index contributed by atoms with van der Waals surface area (Å²) in [5.74, 6) is 7.82. The van der Waals surface area contributed by atoms with E-state index >= 15 is 0 Å². The van der Waals surface area contributed by atoms with Gasteiger partial charge in [-0.2, -0.15) is 0 Å². The van der Waals surface area contributed by atoms with Gasteiger partial charge in [0.2, 0.25) is 5.75 Å².